The Balaban J connectivity index is 2.34. The van der Waals surface area contributed by atoms with Gasteiger partial charge in [-0.15, -0.1) is 0 Å². The van der Waals surface area contributed by atoms with Gasteiger partial charge in [0.05, 0.1) is 37.9 Å². The Morgan fingerprint density at radius 3 is 2.54 bits per heavy atom. The minimum Gasteiger partial charge on any atom is -0.463 e. The molecule has 1 aliphatic rings. The molecular weight excluding hydrogens is 334 g/mol. The van der Waals surface area contributed by atoms with Crippen LogP contribution in [0.4, 0.5) is 0 Å². The van der Waals surface area contributed by atoms with E-state index in [1.54, 1.807) is 0 Å². The maximum atomic E-state index is 11.5. The summed E-state index contributed by atoms with van der Waals surface area (Å²) in [6.07, 6.45) is 1.57. The molecule has 0 spiro atoms. The molecular formula is C20H39NO5. The average molecular weight is 374 g/mol. The molecule has 0 aromatic rings. The van der Waals surface area contributed by atoms with E-state index in [2.05, 4.69) is 39.9 Å². The molecule has 154 valence electrons. The van der Waals surface area contributed by atoms with Crippen molar-refractivity contribution in [1.29, 1.82) is 0 Å². The van der Waals surface area contributed by atoms with Crippen LogP contribution < -0.4 is 5.32 Å². The summed E-state index contributed by atoms with van der Waals surface area (Å²) in [7, 11) is 0. The molecule has 1 aliphatic carbocycles. The molecule has 2 atom stereocenters. The highest BCUT2D eigenvalue weighted by molar-refractivity contribution is 5.69. The number of carbonyl (C=O) groups excluding carboxylic acids is 1. The van der Waals surface area contributed by atoms with Crippen LogP contribution >= 0.6 is 0 Å². The van der Waals surface area contributed by atoms with Crippen LogP contribution in [0.15, 0.2) is 0 Å². The van der Waals surface area contributed by atoms with E-state index < -0.39 is 0 Å². The Bertz CT molecular complexity index is 449. The van der Waals surface area contributed by atoms with Crippen molar-refractivity contribution in [1.82, 2.24) is 5.32 Å². The van der Waals surface area contributed by atoms with Gasteiger partial charge in [-0.1, -0.05) is 13.8 Å². The lowest BCUT2D eigenvalue weighted by Gasteiger charge is -2.41. The molecule has 0 aromatic heterocycles. The Morgan fingerprint density at radius 1 is 1.31 bits per heavy atom. The number of rotatable bonds is 13. The summed E-state index contributed by atoms with van der Waals surface area (Å²) in [5.41, 5.74) is -0.363. The van der Waals surface area contributed by atoms with Gasteiger partial charge in [0.15, 0.2) is 0 Å². The minimum atomic E-state index is -0.292. The summed E-state index contributed by atoms with van der Waals surface area (Å²) in [5, 5.41) is 12.1. The lowest BCUT2D eigenvalue weighted by atomic mass is 9.77. The topological polar surface area (TPSA) is 77.0 Å². The lowest BCUT2D eigenvalue weighted by Crippen LogP contribution is -2.46. The van der Waals surface area contributed by atoms with Crippen LogP contribution in [0, 0.1) is 11.3 Å². The van der Waals surface area contributed by atoms with Gasteiger partial charge in [0, 0.05) is 23.4 Å². The number of hydrogen-bond acceptors (Lipinski definition) is 6. The number of ether oxygens (including phenoxy) is 3. The van der Waals surface area contributed by atoms with Crippen molar-refractivity contribution in [3.63, 3.8) is 0 Å². The number of hydrogen-bond donors (Lipinski definition) is 2. The van der Waals surface area contributed by atoms with Crippen molar-refractivity contribution in [2.24, 2.45) is 11.3 Å². The van der Waals surface area contributed by atoms with E-state index in [4.69, 9.17) is 19.3 Å². The maximum Gasteiger partial charge on any atom is 0.307 e. The Hall–Kier alpha value is -0.690. The SMILES string of the molecule is CC(C)OCC(C)(C)C(C)(C)OCC1CC1(C)NCCC(=O)OCCO. The van der Waals surface area contributed by atoms with E-state index in [0.29, 0.717) is 32.1 Å². The first-order valence-electron chi connectivity index (χ1n) is 9.70. The van der Waals surface area contributed by atoms with E-state index in [1.807, 2.05) is 13.8 Å². The van der Waals surface area contributed by atoms with Crippen molar-refractivity contribution >= 4 is 5.97 Å². The first-order valence-corrected chi connectivity index (χ1v) is 9.70. The first kappa shape index (κ1) is 23.3. The van der Waals surface area contributed by atoms with Crippen LogP contribution in [-0.2, 0) is 19.0 Å². The minimum absolute atomic E-state index is 0.0198. The number of esters is 1. The summed E-state index contributed by atoms with van der Waals surface area (Å²) in [5.74, 6) is 0.161. The molecule has 1 fully saturated rings. The normalized spacial score (nSPS) is 23.3. The second-order valence-electron chi connectivity index (χ2n) is 9.00. The van der Waals surface area contributed by atoms with E-state index >= 15 is 0 Å². The summed E-state index contributed by atoms with van der Waals surface area (Å²) >= 11 is 0. The monoisotopic (exact) mass is 373 g/mol. The zero-order valence-electron chi connectivity index (χ0n) is 17.7. The second kappa shape index (κ2) is 9.49. The number of aliphatic hydroxyl groups is 1. The molecule has 0 bridgehead atoms. The van der Waals surface area contributed by atoms with Gasteiger partial charge in [-0.05, 0) is 41.0 Å². The van der Waals surface area contributed by atoms with E-state index in [1.165, 1.54) is 0 Å². The van der Waals surface area contributed by atoms with Gasteiger partial charge in [-0.2, -0.15) is 0 Å². The molecule has 0 radical (unpaired) electrons. The molecule has 0 aromatic carbocycles. The molecule has 0 saturated heterocycles. The lowest BCUT2D eigenvalue weighted by molar-refractivity contribution is -0.144. The third-order valence-electron chi connectivity index (χ3n) is 5.68. The van der Waals surface area contributed by atoms with Crippen LogP contribution in [-0.4, -0.2) is 61.3 Å². The second-order valence-corrected chi connectivity index (χ2v) is 9.00. The summed E-state index contributed by atoms with van der Waals surface area (Å²) in [6.45, 7) is 16.7. The smallest absolute Gasteiger partial charge is 0.307 e. The fraction of sp³-hybridized carbons (Fsp3) is 0.950. The van der Waals surface area contributed by atoms with Gasteiger partial charge < -0.3 is 24.6 Å². The number of nitrogens with one attached hydrogen (secondary N) is 1. The van der Waals surface area contributed by atoms with Crippen LogP contribution in [0.2, 0.25) is 0 Å². The zero-order valence-corrected chi connectivity index (χ0v) is 17.7. The van der Waals surface area contributed by atoms with Crippen LogP contribution in [0.5, 0.6) is 0 Å². The molecule has 1 rings (SSSR count). The Morgan fingerprint density at radius 2 is 1.96 bits per heavy atom. The van der Waals surface area contributed by atoms with Gasteiger partial charge >= 0.3 is 5.97 Å². The predicted molar refractivity (Wildman–Crippen MR) is 102 cm³/mol. The Labute approximate surface area is 159 Å². The summed E-state index contributed by atoms with van der Waals surface area (Å²) in [4.78, 5) is 11.5. The van der Waals surface area contributed by atoms with Gasteiger partial charge in [0.1, 0.15) is 6.61 Å². The predicted octanol–water partition coefficient (Wildman–Crippen LogP) is 2.53. The highest BCUT2D eigenvalue weighted by Gasteiger charge is 2.51. The zero-order chi connectivity index (χ0) is 20.0. The van der Waals surface area contributed by atoms with Crippen molar-refractivity contribution < 1.29 is 24.1 Å². The Kier molecular flexibility index (Phi) is 8.52. The molecule has 2 N–H and O–H groups in total. The van der Waals surface area contributed by atoms with E-state index in [-0.39, 0.29) is 41.8 Å². The highest BCUT2D eigenvalue weighted by atomic mass is 16.5. The van der Waals surface area contributed by atoms with Crippen molar-refractivity contribution in [3.05, 3.63) is 0 Å². The van der Waals surface area contributed by atoms with Gasteiger partial charge in [0.2, 0.25) is 0 Å². The largest absolute Gasteiger partial charge is 0.463 e. The molecule has 6 heteroatoms. The van der Waals surface area contributed by atoms with Crippen LogP contribution in [0.3, 0.4) is 0 Å². The third kappa shape index (κ3) is 7.14. The number of carbonyl (C=O) groups is 1. The molecule has 2 unspecified atom stereocenters. The van der Waals surface area contributed by atoms with Crippen LogP contribution in [0.1, 0.15) is 61.3 Å². The van der Waals surface area contributed by atoms with Gasteiger partial charge in [0.25, 0.3) is 0 Å². The number of aliphatic hydroxyl groups excluding tert-OH is 1. The van der Waals surface area contributed by atoms with E-state index in [0.717, 1.165) is 6.42 Å². The van der Waals surface area contributed by atoms with E-state index in [9.17, 15) is 4.79 Å². The molecule has 6 nitrogen and oxygen atoms in total. The molecule has 1 saturated carbocycles. The first-order chi connectivity index (χ1) is 11.9. The fourth-order valence-corrected chi connectivity index (χ4v) is 2.65. The third-order valence-corrected chi connectivity index (χ3v) is 5.68. The van der Waals surface area contributed by atoms with Crippen molar-refractivity contribution in [2.75, 3.05) is 33.0 Å². The highest BCUT2D eigenvalue weighted by Crippen LogP contribution is 2.45. The average Bonchev–Trinajstić information content (AvgIpc) is 3.19. The van der Waals surface area contributed by atoms with Gasteiger partial charge in [-0.3, -0.25) is 4.79 Å². The summed E-state index contributed by atoms with van der Waals surface area (Å²) < 4.78 is 17.0. The van der Waals surface area contributed by atoms with Crippen molar-refractivity contribution in [2.45, 2.75) is 78.6 Å². The molecule has 0 amide bonds. The molecule has 26 heavy (non-hydrogen) atoms. The quantitative estimate of drug-likeness (QED) is 0.483. The molecule has 0 aliphatic heterocycles. The maximum absolute atomic E-state index is 11.5. The van der Waals surface area contributed by atoms with Gasteiger partial charge in [-0.25, -0.2) is 0 Å². The standard InChI is InChI=1S/C20H39NO5/c1-15(2)25-14-18(3,4)19(5,6)26-13-16-12-20(16,7)21-9-8-17(23)24-11-10-22/h15-16,21-22H,8-14H2,1-7H3. The molecule has 0 heterocycles. The fourth-order valence-electron chi connectivity index (χ4n) is 2.65. The van der Waals surface area contributed by atoms with Crippen molar-refractivity contribution in [3.8, 4) is 0 Å². The van der Waals surface area contributed by atoms with Crippen LogP contribution in [0.25, 0.3) is 0 Å². The summed E-state index contributed by atoms with van der Waals surface area (Å²) in [6, 6.07) is 0.